The van der Waals surface area contributed by atoms with E-state index in [1.807, 2.05) is 6.07 Å². The molecule has 1 heterocycles. The van der Waals surface area contributed by atoms with E-state index in [0.717, 1.165) is 28.7 Å². The maximum Gasteiger partial charge on any atom is 0.0458 e. The highest BCUT2D eigenvalue weighted by Gasteiger charge is 2.37. The SMILES string of the molecule is Nc1ccc(CN2CC3CCC2C3)cc1Br. The summed E-state index contributed by atoms with van der Waals surface area (Å²) in [6.45, 7) is 2.38. The summed E-state index contributed by atoms with van der Waals surface area (Å²) in [7, 11) is 0. The first-order chi connectivity index (χ1) is 7.72. The number of likely N-dealkylation sites (tertiary alicyclic amines) is 1. The fourth-order valence-corrected chi connectivity index (χ4v) is 3.55. The first kappa shape index (κ1) is 10.6. The van der Waals surface area contributed by atoms with Crippen LogP contribution in [-0.2, 0) is 6.54 Å². The molecule has 1 aromatic carbocycles. The molecule has 1 aromatic rings. The number of fused-ring (bicyclic) bond motifs is 2. The molecule has 2 bridgehead atoms. The second kappa shape index (κ2) is 4.04. The number of piperidine rings is 1. The van der Waals surface area contributed by atoms with Crippen LogP contribution < -0.4 is 5.73 Å². The van der Waals surface area contributed by atoms with E-state index in [2.05, 4.69) is 33.0 Å². The average molecular weight is 281 g/mol. The van der Waals surface area contributed by atoms with Crippen LogP contribution in [0, 0.1) is 5.92 Å². The Labute approximate surface area is 105 Å². The maximum absolute atomic E-state index is 5.80. The Morgan fingerprint density at radius 3 is 2.88 bits per heavy atom. The van der Waals surface area contributed by atoms with Crippen molar-refractivity contribution in [2.45, 2.75) is 31.8 Å². The number of hydrogen-bond acceptors (Lipinski definition) is 2. The fourth-order valence-electron chi connectivity index (χ4n) is 3.12. The number of nitrogens with zero attached hydrogens (tertiary/aromatic N) is 1. The van der Waals surface area contributed by atoms with Gasteiger partial charge in [-0.2, -0.15) is 0 Å². The molecule has 3 rings (SSSR count). The first-order valence-corrected chi connectivity index (χ1v) is 6.79. The highest BCUT2D eigenvalue weighted by molar-refractivity contribution is 9.10. The Hall–Kier alpha value is -0.540. The number of hydrogen-bond donors (Lipinski definition) is 1. The zero-order valence-electron chi connectivity index (χ0n) is 9.32. The maximum atomic E-state index is 5.80. The van der Waals surface area contributed by atoms with E-state index in [1.54, 1.807) is 0 Å². The van der Waals surface area contributed by atoms with Gasteiger partial charge in [-0.3, -0.25) is 4.90 Å². The van der Waals surface area contributed by atoms with Gasteiger partial charge < -0.3 is 5.73 Å². The van der Waals surface area contributed by atoms with E-state index < -0.39 is 0 Å². The Bertz CT molecular complexity index is 405. The number of benzene rings is 1. The molecule has 0 spiro atoms. The zero-order valence-corrected chi connectivity index (χ0v) is 10.9. The molecule has 2 unspecified atom stereocenters. The molecule has 2 N–H and O–H groups in total. The molecule has 0 aromatic heterocycles. The Kier molecular flexibility index (Phi) is 2.68. The van der Waals surface area contributed by atoms with Gasteiger partial charge in [0.1, 0.15) is 0 Å². The molecular weight excluding hydrogens is 264 g/mol. The topological polar surface area (TPSA) is 29.3 Å². The van der Waals surface area contributed by atoms with Crippen molar-refractivity contribution >= 4 is 21.6 Å². The van der Waals surface area contributed by atoms with Crippen LogP contribution in [0.15, 0.2) is 22.7 Å². The minimum atomic E-state index is 0.826. The molecule has 1 aliphatic carbocycles. The first-order valence-electron chi connectivity index (χ1n) is 6.00. The van der Waals surface area contributed by atoms with E-state index in [1.165, 1.54) is 31.4 Å². The van der Waals surface area contributed by atoms with E-state index in [0.29, 0.717) is 0 Å². The second-order valence-corrected chi connectivity index (χ2v) is 5.97. The molecule has 3 heteroatoms. The van der Waals surface area contributed by atoms with Gasteiger partial charge in [0.05, 0.1) is 0 Å². The summed E-state index contributed by atoms with van der Waals surface area (Å²) >= 11 is 3.49. The van der Waals surface area contributed by atoms with Crippen molar-refractivity contribution in [2.75, 3.05) is 12.3 Å². The van der Waals surface area contributed by atoms with Crippen LogP contribution in [0.5, 0.6) is 0 Å². The van der Waals surface area contributed by atoms with E-state index >= 15 is 0 Å². The Balaban J connectivity index is 1.72. The zero-order chi connectivity index (χ0) is 11.1. The third-order valence-electron chi connectivity index (χ3n) is 3.97. The van der Waals surface area contributed by atoms with Gasteiger partial charge in [0, 0.05) is 29.3 Å². The van der Waals surface area contributed by atoms with Gasteiger partial charge in [-0.1, -0.05) is 6.07 Å². The van der Waals surface area contributed by atoms with Crippen molar-refractivity contribution in [1.82, 2.24) is 4.90 Å². The van der Waals surface area contributed by atoms with Crippen LogP contribution in [0.1, 0.15) is 24.8 Å². The molecule has 16 heavy (non-hydrogen) atoms. The molecule has 1 aliphatic heterocycles. The molecule has 0 amide bonds. The lowest BCUT2D eigenvalue weighted by Gasteiger charge is -2.26. The van der Waals surface area contributed by atoms with Crippen LogP contribution in [-0.4, -0.2) is 17.5 Å². The summed E-state index contributed by atoms with van der Waals surface area (Å²) in [5, 5.41) is 0. The minimum Gasteiger partial charge on any atom is -0.398 e. The van der Waals surface area contributed by atoms with Crippen LogP contribution in [0.3, 0.4) is 0 Å². The van der Waals surface area contributed by atoms with Gasteiger partial charge in [-0.15, -0.1) is 0 Å². The van der Waals surface area contributed by atoms with Crippen molar-refractivity contribution in [3.8, 4) is 0 Å². The molecule has 1 saturated carbocycles. The number of nitrogens with two attached hydrogens (primary N) is 1. The molecule has 0 radical (unpaired) electrons. The molecule has 2 atom stereocenters. The summed E-state index contributed by atoms with van der Waals surface area (Å²) < 4.78 is 1.02. The van der Waals surface area contributed by atoms with Gasteiger partial charge in [0.15, 0.2) is 0 Å². The summed E-state index contributed by atoms with van der Waals surface area (Å²) in [6, 6.07) is 7.14. The monoisotopic (exact) mass is 280 g/mol. The van der Waals surface area contributed by atoms with Crippen molar-refractivity contribution in [3.63, 3.8) is 0 Å². The number of nitrogen functional groups attached to an aromatic ring is 1. The molecule has 2 aliphatic rings. The van der Waals surface area contributed by atoms with Gasteiger partial charge >= 0.3 is 0 Å². The summed E-state index contributed by atoms with van der Waals surface area (Å²) in [4.78, 5) is 2.63. The van der Waals surface area contributed by atoms with Crippen molar-refractivity contribution in [1.29, 1.82) is 0 Å². The Morgan fingerprint density at radius 1 is 1.38 bits per heavy atom. The number of anilines is 1. The lowest BCUT2D eigenvalue weighted by molar-refractivity contribution is 0.205. The molecular formula is C13H17BrN2. The lowest BCUT2D eigenvalue weighted by Crippen LogP contribution is -2.31. The normalized spacial score (nSPS) is 28.8. The highest BCUT2D eigenvalue weighted by atomic mass is 79.9. The van der Waals surface area contributed by atoms with Crippen molar-refractivity contribution in [3.05, 3.63) is 28.2 Å². The van der Waals surface area contributed by atoms with E-state index in [4.69, 9.17) is 5.73 Å². The third kappa shape index (κ3) is 1.87. The summed E-state index contributed by atoms with van der Waals surface area (Å²) in [6.07, 6.45) is 4.28. The molecule has 2 nitrogen and oxygen atoms in total. The second-order valence-electron chi connectivity index (χ2n) is 5.12. The molecule has 86 valence electrons. The quantitative estimate of drug-likeness (QED) is 0.844. The smallest absolute Gasteiger partial charge is 0.0458 e. The van der Waals surface area contributed by atoms with Crippen LogP contribution >= 0.6 is 15.9 Å². The van der Waals surface area contributed by atoms with Crippen LogP contribution in [0.2, 0.25) is 0 Å². The van der Waals surface area contributed by atoms with Gasteiger partial charge in [-0.25, -0.2) is 0 Å². The predicted octanol–water partition coefficient (Wildman–Crippen LogP) is 3.02. The number of rotatable bonds is 2. The standard InChI is InChI=1S/C13H17BrN2/c14-12-6-10(2-4-13(12)15)8-16-7-9-1-3-11(16)5-9/h2,4,6,9,11H,1,3,5,7-8,15H2. The van der Waals surface area contributed by atoms with Gasteiger partial charge in [0.2, 0.25) is 0 Å². The highest BCUT2D eigenvalue weighted by Crippen LogP contribution is 2.38. The molecule has 1 saturated heterocycles. The van der Waals surface area contributed by atoms with Crippen LogP contribution in [0.4, 0.5) is 5.69 Å². The summed E-state index contributed by atoms with van der Waals surface area (Å²) in [5.74, 6) is 0.974. The van der Waals surface area contributed by atoms with Crippen LogP contribution in [0.25, 0.3) is 0 Å². The summed E-state index contributed by atoms with van der Waals surface area (Å²) in [5.41, 5.74) is 7.99. The fraction of sp³-hybridized carbons (Fsp3) is 0.538. The molecule has 2 fully saturated rings. The number of halogens is 1. The minimum absolute atomic E-state index is 0.826. The Morgan fingerprint density at radius 2 is 2.25 bits per heavy atom. The van der Waals surface area contributed by atoms with Gasteiger partial charge in [0.25, 0.3) is 0 Å². The van der Waals surface area contributed by atoms with Crippen molar-refractivity contribution in [2.24, 2.45) is 5.92 Å². The third-order valence-corrected chi connectivity index (χ3v) is 4.66. The van der Waals surface area contributed by atoms with Crippen molar-refractivity contribution < 1.29 is 0 Å². The largest absolute Gasteiger partial charge is 0.398 e. The van der Waals surface area contributed by atoms with E-state index in [-0.39, 0.29) is 0 Å². The van der Waals surface area contributed by atoms with Gasteiger partial charge in [-0.05, 0) is 58.8 Å². The average Bonchev–Trinajstić information content (AvgIpc) is 2.85. The van der Waals surface area contributed by atoms with E-state index in [9.17, 15) is 0 Å². The predicted molar refractivity (Wildman–Crippen MR) is 70.1 cm³/mol. The lowest BCUT2D eigenvalue weighted by atomic mass is 10.1.